The van der Waals surface area contributed by atoms with Crippen molar-refractivity contribution in [1.82, 2.24) is 4.90 Å². The minimum Gasteiger partial charge on any atom is -0.399 e. The molecule has 2 rings (SSSR count). The molecule has 0 aliphatic heterocycles. The van der Waals surface area contributed by atoms with Crippen molar-refractivity contribution in [2.24, 2.45) is 0 Å². The molecule has 0 saturated carbocycles. The summed E-state index contributed by atoms with van der Waals surface area (Å²) >= 11 is 0. The fourth-order valence-electron chi connectivity index (χ4n) is 2.89. The number of likely N-dealkylation sites (N-methyl/N-ethyl adjacent to an activating group) is 1. The van der Waals surface area contributed by atoms with E-state index in [1.165, 1.54) is 11.1 Å². The van der Waals surface area contributed by atoms with Gasteiger partial charge in [0.25, 0.3) is 0 Å². The monoisotopic (exact) mass is 264 g/mol. The summed E-state index contributed by atoms with van der Waals surface area (Å²) in [7, 11) is 2.02. The Morgan fingerprint density at radius 1 is 1.32 bits per heavy atom. The van der Waals surface area contributed by atoms with Gasteiger partial charge in [-0.15, -0.1) is 0 Å². The van der Waals surface area contributed by atoms with E-state index in [1.807, 2.05) is 13.1 Å². The zero-order chi connectivity index (χ0) is 13.8. The second-order valence-electron chi connectivity index (χ2n) is 5.54. The molecule has 0 spiro atoms. The number of nitrogen functional groups attached to an aromatic ring is 1. The van der Waals surface area contributed by atoms with Gasteiger partial charge in [0.2, 0.25) is 0 Å². The lowest BCUT2D eigenvalue weighted by molar-refractivity contribution is 0.0522. The highest BCUT2D eigenvalue weighted by Crippen LogP contribution is 2.25. The molecule has 1 aliphatic carbocycles. The zero-order valence-corrected chi connectivity index (χ0v) is 11.5. The Kier molecular flexibility index (Phi) is 4.80. The molecule has 4 nitrogen and oxygen atoms in total. The average Bonchev–Trinajstić information content (AvgIpc) is 2.60. The highest BCUT2D eigenvalue weighted by molar-refractivity contribution is 5.45. The number of fused-ring (bicyclic) bond motifs is 1. The number of hydrogen-bond acceptors (Lipinski definition) is 4. The van der Waals surface area contributed by atoms with Gasteiger partial charge in [-0.05, 0) is 56.0 Å². The summed E-state index contributed by atoms with van der Waals surface area (Å²) in [6.45, 7) is 0.355. The zero-order valence-electron chi connectivity index (χ0n) is 11.5. The molecule has 0 fully saturated rings. The van der Waals surface area contributed by atoms with E-state index in [9.17, 15) is 5.11 Å². The van der Waals surface area contributed by atoms with E-state index >= 15 is 0 Å². The molecule has 1 aromatic rings. The highest BCUT2D eigenvalue weighted by Gasteiger charge is 2.21. The third-order valence-electron chi connectivity index (χ3n) is 4.06. The molecule has 0 heterocycles. The van der Waals surface area contributed by atoms with Crippen LogP contribution in [0.25, 0.3) is 0 Å². The standard InChI is InChI=1S/C15H24N2O2/c1-17(9-15(19)10-18)14-6-3-11-2-5-13(16)8-12(11)4-7-14/h2,5,8,14-15,18-19H,3-4,6-7,9-10,16H2,1H3/t14?,15-/m0/s1. The molecule has 0 amide bonds. The number of nitrogens with two attached hydrogens (primary N) is 1. The number of aryl methyl sites for hydroxylation is 2. The first-order chi connectivity index (χ1) is 9.10. The van der Waals surface area contributed by atoms with Crippen molar-refractivity contribution in [3.63, 3.8) is 0 Å². The molecule has 106 valence electrons. The van der Waals surface area contributed by atoms with Gasteiger partial charge in [0.1, 0.15) is 0 Å². The molecule has 0 radical (unpaired) electrons. The summed E-state index contributed by atoms with van der Waals surface area (Å²) in [6.07, 6.45) is 3.60. The lowest BCUT2D eigenvalue weighted by Gasteiger charge is -2.28. The first-order valence-electron chi connectivity index (χ1n) is 6.96. The van der Waals surface area contributed by atoms with Gasteiger partial charge >= 0.3 is 0 Å². The van der Waals surface area contributed by atoms with Crippen molar-refractivity contribution in [2.75, 3.05) is 25.9 Å². The number of nitrogens with zero attached hydrogens (tertiary/aromatic N) is 1. The van der Waals surface area contributed by atoms with E-state index < -0.39 is 6.10 Å². The van der Waals surface area contributed by atoms with Gasteiger partial charge in [-0.3, -0.25) is 0 Å². The van der Waals surface area contributed by atoms with Gasteiger partial charge < -0.3 is 20.8 Å². The molecular weight excluding hydrogens is 240 g/mol. The van der Waals surface area contributed by atoms with Crippen molar-refractivity contribution in [3.05, 3.63) is 29.3 Å². The minimum atomic E-state index is -0.647. The maximum Gasteiger partial charge on any atom is 0.0897 e. The van der Waals surface area contributed by atoms with Crippen LogP contribution in [-0.4, -0.2) is 47.5 Å². The van der Waals surface area contributed by atoms with Gasteiger partial charge in [-0.25, -0.2) is 0 Å². The molecule has 4 N–H and O–H groups in total. The van der Waals surface area contributed by atoms with Crippen molar-refractivity contribution in [3.8, 4) is 0 Å². The van der Waals surface area contributed by atoms with Crippen LogP contribution in [0.15, 0.2) is 18.2 Å². The number of rotatable bonds is 4. The molecule has 1 aliphatic rings. The van der Waals surface area contributed by atoms with E-state index in [0.717, 1.165) is 31.4 Å². The van der Waals surface area contributed by atoms with Crippen LogP contribution in [-0.2, 0) is 12.8 Å². The Balaban J connectivity index is 1.99. The van der Waals surface area contributed by atoms with E-state index in [0.29, 0.717) is 12.6 Å². The van der Waals surface area contributed by atoms with Crippen LogP contribution < -0.4 is 5.73 Å². The molecule has 19 heavy (non-hydrogen) atoms. The van der Waals surface area contributed by atoms with Crippen LogP contribution >= 0.6 is 0 Å². The van der Waals surface area contributed by atoms with Gasteiger partial charge in [0.15, 0.2) is 0 Å². The Morgan fingerprint density at radius 2 is 2.00 bits per heavy atom. The van der Waals surface area contributed by atoms with Gasteiger partial charge in [-0.2, -0.15) is 0 Å². The predicted octanol–water partition coefficient (Wildman–Crippen LogP) is 0.801. The molecule has 2 atom stereocenters. The lowest BCUT2D eigenvalue weighted by Crippen LogP contribution is -2.39. The van der Waals surface area contributed by atoms with E-state index in [4.69, 9.17) is 10.8 Å². The second-order valence-corrected chi connectivity index (χ2v) is 5.54. The molecule has 4 heteroatoms. The smallest absolute Gasteiger partial charge is 0.0897 e. The molecule has 0 bridgehead atoms. The summed E-state index contributed by atoms with van der Waals surface area (Å²) in [5.41, 5.74) is 9.43. The van der Waals surface area contributed by atoms with Crippen LogP contribution in [0, 0.1) is 0 Å². The summed E-state index contributed by atoms with van der Waals surface area (Å²) < 4.78 is 0. The summed E-state index contributed by atoms with van der Waals surface area (Å²) in [4.78, 5) is 2.16. The number of hydrogen-bond donors (Lipinski definition) is 3. The van der Waals surface area contributed by atoms with Crippen LogP contribution in [0.2, 0.25) is 0 Å². The summed E-state index contributed by atoms with van der Waals surface area (Å²) in [5.74, 6) is 0. The predicted molar refractivity (Wildman–Crippen MR) is 77.0 cm³/mol. The van der Waals surface area contributed by atoms with Crippen LogP contribution in [0.5, 0.6) is 0 Å². The Bertz CT molecular complexity index is 423. The topological polar surface area (TPSA) is 69.7 Å². The number of aliphatic hydroxyl groups excluding tert-OH is 2. The third kappa shape index (κ3) is 3.69. The van der Waals surface area contributed by atoms with Crippen molar-refractivity contribution >= 4 is 5.69 Å². The van der Waals surface area contributed by atoms with Crippen LogP contribution in [0.1, 0.15) is 24.0 Å². The average molecular weight is 264 g/mol. The number of aliphatic hydroxyl groups is 2. The SMILES string of the molecule is CN(C[C@H](O)CO)C1CCc2ccc(N)cc2CC1. The number of benzene rings is 1. The minimum absolute atomic E-state index is 0.173. The Labute approximate surface area is 114 Å². The molecule has 0 saturated heterocycles. The van der Waals surface area contributed by atoms with Crippen molar-refractivity contribution in [1.29, 1.82) is 0 Å². The molecule has 0 aromatic heterocycles. The first kappa shape index (κ1) is 14.3. The maximum absolute atomic E-state index is 9.53. The highest BCUT2D eigenvalue weighted by atomic mass is 16.3. The van der Waals surface area contributed by atoms with E-state index in [2.05, 4.69) is 17.0 Å². The van der Waals surface area contributed by atoms with E-state index in [-0.39, 0.29) is 6.61 Å². The molecular formula is C15H24N2O2. The third-order valence-corrected chi connectivity index (χ3v) is 4.06. The quantitative estimate of drug-likeness (QED) is 0.556. The molecule has 1 unspecified atom stereocenters. The van der Waals surface area contributed by atoms with Crippen molar-refractivity contribution in [2.45, 2.75) is 37.8 Å². The Morgan fingerprint density at radius 3 is 2.68 bits per heavy atom. The summed E-state index contributed by atoms with van der Waals surface area (Å²) in [6, 6.07) is 6.64. The normalized spacial score (nSPS) is 20.9. The van der Waals surface area contributed by atoms with Crippen LogP contribution in [0.3, 0.4) is 0 Å². The fourth-order valence-corrected chi connectivity index (χ4v) is 2.89. The molecule has 1 aromatic carbocycles. The maximum atomic E-state index is 9.53. The van der Waals surface area contributed by atoms with Gasteiger partial charge in [-0.1, -0.05) is 6.07 Å². The number of anilines is 1. The van der Waals surface area contributed by atoms with Crippen LogP contribution in [0.4, 0.5) is 5.69 Å². The van der Waals surface area contributed by atoms with Gasteiger partial charge in [0.05, 0.1) is 12.7 Å². The van der Waals surface area contributed by atoms with Gasteiger partial charge in [0, 0.05) is 18.3 Å². The lowest BCUT2D eigenvalue weighted by atomic mass is 10.0. The fraction of sp³-hybridized carbons (Fsp3) is 0.600. The largest absolute Gasteiger partial charge is 0.399 e. The Hall–Kier alpha value is -1.10. The first-order valence-corrected chi connectivity index (χ1v) is 6.96. The summed E-state index contributed by atoms with van der Waals surface area (Å²) in [5, 5.41) is 18.5. The van der Waals surface area contributed by atoms with Crippen molar-refractivity contribution < 1.29 is 10.2 Å². The second kappa shape index (κ2) is 6.37. The van der Waals surface area contributed by atoms with E-state index in [1.54, 1.807) is 0 Å².